The van der Waals surface area contributed by atoms with Crippen LogP contribution in [0.25, 0.3) is 0 Å². The van der Waals surface area contributed by atoms with E-state index in [1.807, 2.05) is 12.2 Å². The van der Waals surface area contributed by atoms with E-state index in [-0.39, 0.29) is 35.8 Å². The molecule has 1 aliphatic heterocycles. The highest BCUT2D eigenvalue weighted by Gasteiger charge is 2.59. The smallest absolute Gasteiger partial charge is 0.248 e. The molecule has 3 rings (SSSR count). The molecular formula is C29H32N2O7. The maximum Gasteiger partial charge on any atom is 0.248 e. The number of nitrogens with one attached hydrogen (secondary N) is 2. The summed E-state index contributed by atoms with van der Waals surface area (Å²) in [6.07, 6.45) is 19.9. The lowest BCUT2D eigenvalue weighted by molar-refractivity contribution is -0.121. The molecule has 0 saturated carbocycles. The number of epoxide rings is 1. The molecule has 1 fully saturated rings. The van der Waals surface area contributed by atoms with E-state index < -0.39 is 35.4 Å². The number of aliphatic hydroxyl groups excluding tert-OH is 1. The molecule has 0 aromatic heterocycles. The van der Waals surface area contributed by atoms with Gasteiger partial charge >= 0.3 is 0 Å². The normalized spacial score (nSPS) is 25.7. The van der Waals surface area contributed by atoms with E-state index >= 15 is 0 Å². The van der Waals surface area contributed by atoms with Crippen molar-refractivity contribution < 1.29 is 34.1 Å². The Morgan fingerprint density at radius 2 is 1.63 bits per heavy atom. The Labute approximate surface area is 221 Å². The van der Waals surface area contributed by atoms with Gasteiger partial charge in [0, 0.05) is 25.0 Å². The Morgan fingerprint density at radius 3 is 2.26 bits per heavy atom. The van der Waals surface area contributed by atoms with Gasteiger partial charge in [-0.25, -0.2) is 0 Å². The van der Waals surface area contributed by atoms with Gasteiger partial charge in [0.15, 0.2) is 11.9 Å². The van der Waals surface area contributed by atoms with Gasteiger partial charge in [-0.3, -0.25) is 19.2 Å². The number of aliphatic hydroxyl groups is 2. The van der Waals surface area contributed by atoms with Crippen molar-refractivity contribution in [3.8, 4) is 0 Å². The minimum Gasteiger partial charge on any atom is -0.510 e. The number of hydrogen-bond donors (Lipinski definition) is 4. The number of fused-ring (bicyclic) bond motifs is 1. The van der Waals surface area contributed by atoms with Crippen molar-refractivity contribution in [2.24, 2.45) is 5.92 Å². The fraction of sp³-hybridized carbons (Fsp3) is 0.310. The third-order valence-corrected chi connectivity index (χ3v) is 5.78. The molecule has 2 aliphatic carbocycles. The van der Waals surface area contributed by atoms with E-state index in [1.165, 1.54) is 42.5 Å². The van der Waals surface area contributed by atoms with Crippen molar-refractivity contribution in [3.63, 3.8) is 0 Å². The number of Topliss-reactive ketones (excluding diaryl/α,β-unsaturated/α-hetero) is 2. The van der Waals surface area contributed by atoms with E-state index in [0.29, 0.717) is 5.92 Å². The summed E-state index contributed by atoms with van der Waals surface area (Å²) in [5.41, 5.74) is -1.73. The van der Waals surface area contributed by atoms with E-state index in [9.17, 15) is 29.4 Å². The molecule has 9 nitrogen and oxygen atoms in total. The Bertz CT molecular complexity index is 1210. The molecule has 9 heteroatoms. The zero-order valence-corrected chi connectivity index (χ0v) is 21.3. The zero-order valence-electron chi connectivity index (χ0n) is 21.3. The third-order valence-electron chi connectivity index (χ3n) is 5.78. The molecule has 0 radical (unpaired) electrons. The van der Waals surface area contributed by atoms with Gasteiger partial charge in [0.1, 0.15) is 23.2 Å². The third kappa shape index (κ3) is 7.96. The molecule has 2 amide bonds. The Morgan fingerprint density at radius 1 is 1.00 bits per heavy atom. The van der Waals surface area contributed by atoms with Crippen LogP contribution < -0.4 is 10.6 Å². The van der Waals surface area contributed by atoms with Crippen LogP contribution in [0.4, 0.5) is 0 Å². The van der Waals surface area contributed by atoms with Crippen LogP contribution >= 0.6 is 0 Å². The highest BCUT2D eigenvalue weighted by molar-refractivity contribution is 6.06. The summed E-state index contributed by atoms with van der Waals surface area (Å²) in [6.45, 7) is 4.25. The summed E-state index contributed by atoms with van der Waals surface area (Å²) in [7, 11) is 0. The Kier molecular flexibility index (Phi) is 9.70. The molecule has 1 heterocycles. The second-order valence-corrected chi connectivity index (χ2v) is 9.42. The highest BCUT2D eigenvalue weighted by atomic mass is 16.6. The van der Waals surface area contributed by atoms with Crippen LogP contribution in [-0.2, 0) is 23.9 Å². The molecule has 4 N–H and O–H groups in total. The van der Waals surface area contributed by atoms with E-state index in [4.69, 9.17) is 4.74 Å². The van der Waals surface area contributed by atoms with Crippen LogP contribution in [-0.4, -0.2) is 51.4 Å². The molecule has 3 aliphatic rings. The topological polar surface area (TPSA) is 145 Å². The molecule has 0 unspecified atom stereocenters. The first kappa shape index (κ1) is 28.5. The number of allylic oxidation sites excluding steroid dienone is 11. The lowest BCUT2D eigenvalue weighted by Gasteiger charge is -2.23. The molecule has 0 spiro atoms. The van der Waals surface area contributed by atoms with Crippen LogP contribution in [0.3, 0.4) is 0 Å². The second-order valence-electron chi connectivity index (χ2n) is 9.42. The van der Waals surface area contributed by atoms with Crippen molar-refractivity contribution in [1.29, 1.82) is 0 Å². The zero-order chi connectivity index (χ0) is 27.7. The molecule has 38 heavy (non-hydrogen) atoms. The van der Waals surface area contributed by atoms with Crippen molar-refractivity contribution in [2.45, 2.75) is 50.9 Å². The van der Waals surface area contributed by atoms with Gasteiger partial charge in [-0.2, -0.15) is 0 Å². The molecule has 0 aromatic carbocycles. The van der Waals surface area contributed by atoms with Gasteiger partial charge in [-0.15, -0.1) is 0 Å². The fourth-order valence-corrected chi connectivity index (χ4v) is 3.75. The van der Waals surface area contributed by atoms with E-state index in [2.05, 4.69) is 24.5 Å². The van der Waals surface area contributed by atoms with Gasteiger partial charge in [0.2, 0.25) is 17.6 Å². The number of carbonyl (C=O) groups is 4. The Hall–Kier alpha value is -4.08. The molecule has 0 aromatic rings. The fourth-order valence-electron chi connectivity index (χ4n) is 3.75. The van der Waals surface area contributed by atoms with Crippen LogP contribution in [0.15, 0.2) is 96.1 Å². The number of hydrogen-bond acceptors (Lipinski definition) is 7. The van der Waals surface area contributed by atoms with Gasteiger partial charge in [-0.1, -0.05) is 68.5 Å². The van der Waals surface area contributed by atoms with Crippen molar-refractivity contribution in [2.75, 3.05) is 0 Å². The first-order chi connectivity index (χ1) is 18.1. The summed E-state index contributed by atoms with van der Waals surface area (Å²) >= 11 is 0. The first-order valence-corrected chi connectivity index (χ1v) is 12.4. The minimum atomic E-state index is -1.61. The molecule has 1 saturated heterocycles. The Balaban J connectivity index is 1.54. The molecule has 3 atom stereocenters. The summed E-state index contributed by atoms with van der Waals surface area (Å²) in [6, 6.07) is 0. The number of amides is 2. The average molecular weight is 522 g/mol. The highest BCUT2D eigenvalue weighted by Crippen LogP contribution is 2.40. The lowest BCUT2D eigenvalue weighted by Crippen LogP contribution is -2.42. The summed E-state index contributed by atoms with van der Waals surface area (Å²) < 4.78 is 5.33. The monoisotopic (exact) mass is 521 g/mol. The predicted octanol–water partition coefficient (Wildman–Crippen LogP) is 2.70. The van der Waals surface area contributed by atoms with Crippen LogP contribution in [0.1, 0.15) is 33.1 Å². The minimum absolute atomic E-state index is 0.0501. The summed E-state index contributed by atoms with van der Waals surface area (Å²) in [5, 5.41) is 25.4. The molecular weight excluding hydrogens is 489 g/mol. The van der Waals surface area contributed by atoms with E-state index in [0.717, 1.165) is 6.42 Å². The summed E-state index contributed by atoms with van der Waals surface area (Å²) in [5.74, 6) is -1.36. The van der Waals surface area contributed by atoms with Gasteiger partial charge in [-0.05, 0) is 24.5 Å². The average Bonchev–Trinajstić information content (AvgIpc) is 3.62. The van der Waals surface area contributed by atoms with Crippen molar-refractivity contribution >= 4 is 23.4 Å². The lowest BCUT2D eigenvalue weighted by atomic mass is 9.93. The van der Waals surface area contributed by atoms with Crippen molar-refractivity contribution in [1.82, 2.24) is 10.6 Å². The molecule has 200 valence electrons. The van der Waals surface area contributed by atoms with Gasteiger partial charge in [0.05, 0.1) is 5.70 Å². The van der Waals surface area contributed by atoms with Crippen molar-refractivity contribution in [3.05, 3.63) is 96.1 Å². The first-order valence-electron chi connectivity index (χ1n) is 12.4. The standard InChI is InChI=1S/C29H32N2O7/c1-19(2)12-8-4-3-5-9-13-23(34)30-20-18-29(37,28-27(38-28)26(20)36)17-11-7-6-10-14-24(35)31-25-21(32)15-16-22(25)33/h3-11,13-14,17-19,27-28,32,37H,12,15-16H2,1-2H3,(H,30,34)(H,31,35)/b5-3+,7-6+,8-4+,13-9+,14-10+,17-11+/t27-,28-,29+/m1/s1/i17+1. The largest absolute Gasteiger partial charge is 0.510 e. The SMILES string of the molecule is CC(C)C/C=C/C=C/C=C/C(=O)NC1=C[C@@](O)(/[13CH]=C/C=C/C=C/C(=O)NC2=C(O)CCC2=O)[C@@H]2O[C@@H]2C1=O. The number of ether oxygens (including phenoxy) is 1. The van der Waals surface area contributed by atoms with Crippen LogP contribution in [0, 0.1) is 5.92 Å². The second kappa shape index (κ2) is 12.9. The molecule has 0 bridgehead atoms. The van der Waals surface area contributed by atoms with Crippen LogP contribution in [0.2, 0.25) is 0 Å². The maximum atomic E-state index is 12.4. The van der Waals surface area contributed by atoms with E-state index in [1.54, 1.807) is 24.3 Å². The van der Waals surface area contributed by atoms with Crippen LogP contribution in [0.5, 0.6) is 0 Å². The maximum absolute atomic E-state index is 12.4. The number of rotatable bonds is 11. The number of carbonyl (C=O) groups excluding carboxylic acids is 4. The number of ketones is 2. The predicted molar refractivity (Wildman–Crippen MR) is 141 cm³/mol. The van der Waals surface area contributed by atoms with Gasteiger partial charge in [0.25, 0.3) is 0 Å². The van der Waals surface area contributed by atoms with Gasteiger partial charge < -0.3 is 25.6 Å². The summed E-state index contributed by atoms with van der Waals surface area (Å²) in [4.78, 5) is 48.1. The quantitative estimate of drug-likeness (QED) is 0.142.